The Hall–Kier alpha value is -2.46. The number of thioether (sulfide) groups is 2. The molecule has 2 aromatic rings. The summed E-state index contributed by atoms with van der Waals surface area (Å²) in [4.78, 5) is 34.8. The minimum Gasteiger partial charge on any atom is -0.497 e. The van der Waals surface area contributed by atoms with E-state index in [2.05, 4.69) is 24.1 Å². The number of amides is 1. The highest BCUT2D eigenvalue weighted by molar-refractivity contribution is 8.14. The number of carbonyl (C=O) groups is 2. The standard InChI is InChI=1S/C25H33N3O5S2/c1-15(2)20-27-24(4,14-35-20)22(30)28-25(5,23-26-19(16(3)33-23)21(29)32-7)13-34-12-17-8-10-18(31-6)11-9-17/h8-11,15H,12-14H2,1-7H3,(H,28,30)/t24-,25-/m0/s1. The first-order valence-electron chi connectivity index (χ1n) is 11.3. The molecule has 0 saturated heterocycles. The second kappa shape index (κ2) is 11.1. The number of oxazole rings is 1. The molecule has 2 atom stereocenters. The van der Waals surface area contributed by atoms with Gasteiger partial charge in [0.15, 0.2) is 5.69 Å². The second-order valence-electron chi connectivity index (χ2n) is 9.21. The normalized spacial score (nSPS) is 19.3. The summed E-state index contributed by atoms with van der Waals surface area (Å²) in [5, 5.41) is 4.12. The van der Waals surface area contributed by atoms with Crippen molar-refractivity contribution in [3.05, 3.63) is 47.2 Å². The highest BCUT2D eigenvalue weighted by Crippen LogP contribution is 2.34. The van der Waals surface area contributed by atoms with Crippen LogP contribution in [0.5, 0.6) is 5.75 Å². The van der Waals surface area contributed by atoms with Crippen LogP contribution in [0.15, 0.2) is 33.7 Å². The van der Waals surface area contributed by atoms with Crippen LogP contribution in [0.25, 0.3) is 0 Å². The zero-order valence-electron chi connectivity index (χ0n) is 21.3. The number of ether oxygens (including phenoxy) is 2. The van der Waals surface area contributed by atoms with E-state index in [1.54, 1.807) is 37.6 Å². The highest BCUT2D eigenvalue weighted by Gasteiger charge is 2.44. The number of aryl methyl sites for hydroxylation is 1. The number of nitrogens with one attached hydrogen (secondary N) is 1. The number of nitrogens with zero attached hydrogens (tertiary/aromatic N) is 2. The number of benzene rings is 1. The Kier molecular flexibility index (Phi) is 8.58. The second-order valence-corrected chi connectivity index (χ2v) is 11.2. The largest absolute Gasteiger partial charge is 0.497 e. The van der Waals surface area contributed by atoms with E-state index in [1.807, 2.05) is 38.1 Å². The summed E-state index contributed by atoms with van der Waals surface area (Å²) in [6.07, 6.45) is 0. The topological polar surface area (TPSA) is 103 Å². The zero-order chi connectivity index (χ0) is 25.8. The van der Waals surface area contributed by atoms with E-state index in [9.17, 15) is 9.59 Å². The molecule has 0 fully saturated rings. The molecule has 0 radical (unpaired) electrons. The number of hydrogen-bond acceptors (Lipinski definition) is 9. The van der Waals surface area contributed by atoms with Crippen LogP contribution in [0.2, 0.25) is 0 Å². The molecule has 0 bridgehead atoms. The van der Waals surface area contributed by atoms with Crippen molar-refractivity contribution in [2.24, 2.45) is 10.9 Å². The molecule has 190 valence electrons. The maximum atomic E-state index is 13.5. The van der Waals surface area contributed by atoms with Gasteiger partial charge < -0.3 is 19.2 Å². The zero-order valence-corrected chi connectivity index (χ0v) is 22.9. The Balaban J connectivity index is 1.85. The molecule has 0 saturated carbocycles. The molecule has 1 aliphatic heterocycles. The first-order chi connectivity index (χ1) is 16.5. The number of carbonyl (C=O) groups excluding carboxylic acids is 2. The lowest BCUT2D eigenvalue weighted by molar-refractivity contribution is -0.126. The predicted molar refractivity (Wildman–Crippen MR) is 140 cm³/mol. The lowest BCUT2D eigenvalue weighted by Gasteiger charge is -2.31. The molecule has 10 heteroatoms. The molecule has 1 aliphatic rings. The first kappa shape index (κ1) is 27.1. The van der Waals surface area contributed by atoms with Gasteiger partial charge in [-0.1, -0.05) is 26.0 Å². The fraction of sp³-hybridized carbons (Fsp3) is 0.520. The van der Waals surface area contributed by atoms with Gasteiger partial charge in [0.05, 0.1) is 19.3 Å². The highest BCUT2D eigenvalue weighted by atomic mass is 32.2. The number of aliphatic imine (C=N–C) groups is 1. The van der Waals surface area contributed by atoms with Gasteiger partial charge in [-0.05, 0) is 38.5 Å². The number of rotatable bonds is 10. The first-order valence-corrected chi connectivity index (χ1v) is 13.5. The van der Waals surface area contributed by atoms with Crippen LogP contribution in [0, 0.1) is 12.8 Å². The molecule has 0 aliphatic carbocycles. The third kappa shape index (κ3) is 6.22. The van der Waals surface area contributed by atoms with Gasteiger partial charge in [-0.2, -0.15) is 11.8 Å². The van der Waals surface area contributed by atoms with Crippen molar-refractivity contribution in [3.8, 4) is 5.75 Å². The maximum Gasteiger partial charge on any atom is 0.360 e. The molecule has 8 nitrogen and oxygen atoms in total. The van der Waals surface area contributed by atoms with E-state index in [0.717, 1.165) is 16.4 Å². The monoisotopic (exact) mass is 519 g/mol. The van der Waals surface area contributed by atoms with Crippen LogP contribution in [-0.2, 0) is 20.8 Å². The Morgan fingerprint density at radius 1 is 1.29 bits per heavy atom. The minimum atomic E-state index is -0.977. The lowest BCUT2D eigenvalue weighted by Crippen LogP contribution is -2.53. The van der Waals surface area contributed by atoms with Gasteiger partial charge in [0.25, 0.3) is 0 Å². The van der Waals surface area contributed by atoms with Crippen molar-refractivity contribution in [2.75, 3.05) is 25.7 Å². The SMILES string of the molecule is COC(=O)c1nc([C@](C)(CSCc2ccc(OC)cc2)NC(=O)[C@]2(C)CSC(C(C)C)=N2)oc1C. The van der Waals surface area contributed by atoms with Crippen molar-refractivity contribution < 1.29 is 23.5 Å². The minimum absolute atomic E-state index is 0.103. The Morgan fingerprint density at radius 2 is 1.97 bits per heavy atom. The van der Waals surface area contributed by atoms with E-state index in [4.69, 9.17) is 18.9 Å². The molecule has 2 heterocycles. The third-order valence-electron chi connectivity index (χ3n) is 5.70. The van der Waals surface area contributed by atoms with E-state index in [1.165, 1.54) is 7.11 Å². The van der Waals surface area contributed by atoms with Crippen molar-refractivity contribution in [1.82, 2.24) is 10.3 Å². The molecule has 0 spiro atoms. The van der Waals surface area contributed by atoms with Crippen molar-refractivity contribution in [2.45, 2.75) is 51.4 Å². The van der Waals surface area contributed by atoms with E-state index >= 15 is 0 Å². The van der Waals surface area contributed by atoms with Crippen LogP contribution in [-0.4, -0.2) is 53.2 Å². The third-order valence-corrected chi connectivity index (χ3v) is 8.58. The number of methoxy groups -OCH3 is 2. The van der Waals surface area contributed by atoms with Crippen LogP contribution in [0.3, 0.4) is 0 Å². The molecule has 1 amide bonds. The summed E-state index contributed by atoms with van der Waals surface area (Å²) in [6, 6.07) is 7.84. The fourth-order valence-electron chi connectivity index (χ4n) is 3.48. The molecule has 35 heavy (non-hydrogen) atoms. The molecule has 3 rings (SSSR count). The van der Waals surface area contributed by atoms with Crippen molar-refractivity contribution >= 4 is 40.4 Å². The molecular weight excluding hydrogens is 486 g/mol. The predicted octanol–water partition coefficient (Wildman–Crippen LogP) is 4.60. The summed E-state index contributed by atoms with van der Waals surface area (Å²) in [6.45, 7) is 9.50. The summed E-state index contributed by atoms with van der Waals surface area (Å²) < 4.78 is 15.9. The molecule has 0 unspecified atom stereocenters. The quantitative estimate of drug-likeness (QED) is 0.454. The van der Waals surface area contributed by atoms with Crippen LogP contribution in [0.1, 0.15) is 55.4 Å². The van der Waals surface area contributed by atoms with E-state index in [-0.39, 0.29) is 23.4 Å². The van der Waals surface area contributed by atoms with Crippen molar-refractivity contribution in [3.63, 3.8) is 0 Å². The molecular formula is C25H33N3O5S2. The Labute approximate surface area is 215 Å². The summed E-state index contributed by atoms with van der Waals surface area (Å²) in [5.41, 5.74) is -0.645. The fourth-order valence-corrected chi connectivity index (χ4v) is 5.84. The number of aromatic nitrogens is 1. The summed E-state index contributed by atoms with van der Waals surface area (Å²) in [5.74, 6) is 2.62. The Bertz CT molecular complexity index is 1100. The van der Waals surface area contributed by atoms with Crippen LogP contribution >= 0.6 is 23.5 Å². The van der Waals surface area contributed by atoms with Gasteiger partial charge in [0.2, 0.25) is 11.8 Å². The average molecular weight is 520 g/mol. The van der Waals surface area contributed by atoms with E-state index in [0.29, 0.717) is 23.0 Å². The van der Waals surface area contributed by atoms with Gasteiger partial charge >= 0.3 is 5.97 Å². The van der Waals surface area contributed by atoms with Crippen molar-refractivity contribution in [1.29, 1.82) is 0 Å². The smallest absolute Gasteiger partial charge is 0.360 e. The maximum absolute atomic E-state index is 13.5. The molecule has 1 aromatic carbocycles. The van der Waals surface area contributed by atoms with Crippen LogP contribution in [0.4, 0.5) is 0 Å². The van der Waals surface area contributed by atoms with Gasteiger partial charge in [-0.25, -0.2) is 9.78 Å². The summed E-state index contributed by atoms with van der Waals surface area (Å²) in [7, 11) is 2.93. The van der Waals surface area contributed by atoms with E-state index < -0.39 is 17.0 Å². The van der Waals surface area contributed by atoms with Gasteiger partial charge in [-0.3, -0.25) is 9.79 Å². The van der Waals surface area contributed by atoms with Gasteiger partial charge in [0.1, 0.15) is 22.6 Å². The number of hydrogen-bond donors (Lipinski definition) is 1. The average Bonchev–Trinajstić information content (AvgIpc) is 3.43. The van der Waals surface area contributed by atoms with Gasteiger partial charge in [0, 0.05) is 23.2 Å². The van der Waals surface area contributed by atoms with Gasteiger partial charge in [-0.15, -0.1) is 11.8 Å². The summed E-state index contributed by atoms with van der Waals surface area (Å²) >= 11 is 3.24. The number of esters is 1. The molecule has 1 aromatic heterocycles. The Morgan fingerprint density at radius 3 is 2.54 bits per heavy atom. The molecule has 1 N–H and O–H groups in total. The van der Waals surface area contributed by atoms with Crippen LogP contribution < -0.4 is 10.1 Å². The lowest BCUT2D eigenvalue weighted by atomic mass is 9.99.